The highest BCUT2D eigenvalue weighted by Gasteiger charge is 2.45. The molecule has 0 bridgehead atoms. The summed E-state index contributed by atoms with van der Waals surface area (Å²) in [5.41, 5.74) is -0.627. The first kappa shape index (κ1) is 26.0. The Morgan fingerprint density at radius 3 is 2.12 bits per heavy atom. The highest BCUT2D eigenvalue weighted by molar-refractivity contribution is 6.42. The van der Waals surface area contributed by atoms with E-state index < -0.39 is 54.9 Å². The van der Waals surface area contributed by atoms with Crippen LogP contribution in [0.25, 0.3) is 0 Å². The third-order valence-electron chi connectivity index (χ3n) is 4.36. The molecule has 2 unspecified atom stereocenters. The molecule has 1 aromatic carbocycles. The van der Waals surface area contributed by atoms with Crippen LogP contribution in [-0.4, -0.2) is 43.2 Å². The number of carbonyl (C=O) groups excluding carboxylic acids is 2. The first-order valence-electron chi connectivity index (χ1n) is 8.79. The van der Waals surface area contributed by atoms with Gasteiger partial charge in [0, 0.05) is 17.3 Å². The Kier molecular flexibility index (Phi) is 7.87. The molecular formula is C19H15Cl2F6NO4. The van der Waals surface area contributed by atoms with Gasteiger partial charge in [-0.15, -0.1) is 0 Å². The quantitative estimate of drug-likeness (QED) is 0.383. The standard InChI is InChI=1S/C19H15Cl2F6NO4/c1-8-12(16(29)31-6-18(22,23)24)14(10-4-3-5-11(20)15(10)21)13(9(2)28-8)17(30)32-7-19(25,26)27/h3-5,12,14H,6-7H2,1-2H3. The van der Waals surface area contributed by atoms with Crippen molar-refractivity contribution in [2.75, 3.05) is 13.2 Å². The minimum Gasteiger partial charge on any atom is -0.456 e. The number of nitrogens with zero attached hydrogens (tertiary/aromatic N) is 1. The van der Waals surface area contributed by atoms with Gasteiger partial charge in [-0.3, -0.25) is 9.79 Å². The summed E-state index contributed by atoms with van der Waals surface area (Å²) in [6.45, 7) is -1.27. The zero-order valence-electron chi connectivity index (χ0n) is 16.4. The van der Waals surface area contributed by atoms with Crippen LogP contribution in [0.2, 0.25) is 10.0 Å². The SMILES string of the molecule is CC1=NC(C)=C(C(=O)OCC(F)(F)F)C(c2cccc(Cl)c2Cl)C1C(=O)OCC(F)(F)F. The van der Waals surface area contributed by atoms with Crippen molar-refractivity contribution in [3.63, 3.8) is 0 Å². The summed E-state index contributed by atoms with van der Waals surface area (Å²) in [4.78, 5) is 29.1. The van der Waals surface area contributed by atoms with Crippen LogP contribution in [0.3, 0.4) is 0 Å². The summed E-state index contributed by atoms with van der Waals surface area (Å²) < 4.78 is 84.0. The lowest BCUT2D eigenvalue weighted by Crippen LogP contribution is -2.38. The molecule has 0 fully saturated rings. The molecule has 1 aliphatic rings. The molecule has 5 nitrogen and oxygen atoms in total. The number of benzene rings is 1. The Hall–Kier alpha value is -2.27. The fourth-order valence-electron chi connectivity index (χ4n) is 3.17. The van der Waals surface area contributed by atoms with E-state index in [9.17, 15) is 35.9 Å². The van der Waals surface area contributed by atoms with Gasteiger partial charge in [0.2, 0.25) is 0 Å². The normalized spacial score (nSPS) is 19.5. The molecule has 1 heterocycles. The van der Waals surface area contributed by atoms with Gasteiger partial charge in [-0.05, 0) is 25.5 Å². The largest absolute Gasteiger partial charge is 0.456 e. The number of alkyl halides is 6. The van der Waals surface area contributed by atoms with Gasteiger partial charge in [-0.25, -0.2) is 4.79 Å². The van der Waals surface area contributed by atoms with Crippen molar-refractivity contribution in [1.82, 2.24) is 0 Å². The number of allylic oxidation sites excluding steroid dienone is 1. The summed E-state index contributed by atoms with van der Waals surface area (Å²) in [6.07, 6.45) is -9.68. The second-order valence-electron chi connectivity index (χ2n) is 6.76. The highest BCUT2D eigenvalue weighted by Crippen LogP contribution is 2.44. The van der Waals surface area contributed by atoms with E-state index in [0.29, 0.717) is 0 Å². The number of rotatable bonds is 5. The monoisotopic (exact) mass is 505 g/mol. The molecule has 0 radical (unpaired) electrons. The molecule has 0 spiro atoms. The molecule has 0 aliphatic carbocycles. The number of hydrogen-bond donors (Lipinski definition) is 0. The van der Waals surface area contributed by atoms with Gasteiger partial charge < -0.3 is 9.47 Å². The molecule has 0 saturated carbocycles. The van der Waals surface area contributed by atoms with E-state index in [0.717, 1.165) is 0 Å². The second-order valence-corrected chi connectivity index (χ2v) is 7.55. The molecule has 0 saturated heterocycles. The van der Waals surface area contributed by atoms with Crippen LogP contribution < -0.4 is 0 Å². The maximum Gasteiger partial charge on any atom is 0.422 e. The Balaban J connectivity index is 2.59. The molecule has 32 heavy (non-hydrogen) atoms. The van der Waals surface area contributed by atoms with Crippen molar-refractivity contribution in [3.05, 3.63) is 45.1 Å². The summed E-state index contributed by atoms with van der Waals surface area (Å²) in [6, 6.07) is 4.08. The second kappa shape index (κ2) is 9.70. The first-order valence-corrected chi connectivity index (χ1v) is 9.55. The lowest BCUT2D eigenvalue weighted by molar-refractivity contribution is -0.188. The molecule has 1 aromatic rings. The third-order valence-corrected chi connectivity index (χ3v) is 5.20. The van der Waals surface area contributed by atoms with E-state index in [1.807, 2.05) is 0 Å². The highest BCUT2D eigenvalue weighted by atomic mass is 35.5. The predicted molar refractivity (Wildman–Crippen MR) is 103 cm³/mol. The summed E-state index contributed by atoms with van der Waals surface area (Å²) in [5.74, 6) is -5.94. The van der Waals surface area contributed by atoms with Crippen LogP contribution in [0.4, 0.5) is 26.3 Å². The average molecular weight is 506 g/mol. The lowest BCUT2D eigenvalue weighted by Gasteiger charge is -2.32. The fourth-order valence-corrected chi connectivity index (χ4v) is 3.60. The van der Waals surface area contributed by atoms with E-state index in [-0.39, 0.29) is 27.0 Å². The van der Waals surface area contributed by atoms with Crippen molar-refractivity contribution in [2.45, 2.75) is 32.1 Å². The van der Waals surface area contributed by atoms with E-state index in [1.54, 1.807) is 0 Å². The molecule has 2 rings (SSSR count). The number of hydrogen-bond acceptors (Lipinski definition) is 5. The minimum atomic E-state index is -4.84. The fraction of sp³-hybridized carbons (Fsp3) is 0.421. The molecule has 176 valence electrons. The minimum absolute atomic E-state index is 0.000633. The summed E-state index contributed by atoms with van der Waals surface area (Å²) >= 11 is 12.2. The van der Waals surface area contributed by atoms with Crippen LogP contribution in [0.5, 0.6) is 0 Å². The number of ether oxygens (including phenoxy) is 2. The van der Waals surface area contributed by atoms with E-state index >= 15 is 0 Å². The number of carbonyl (C=O) groups is 2. The molecule has 2 atom stereocenters. The number of halogens is 8. The van der Waals surface area contributed by atoms with E-state index in [1.165, 1.54) is 32.0 Å². The zero-order valence-corrected chi connectivity index (χ0v) is 17.9. The number of aliphatic imine (C=N–C) groups is 1. The Bertz CT molecular complexity index is 972. The molecule has 1 aliphatic heterocycles. The van der Waals surface area contributed by atoms with Gasteiger partial charge in [-0.2, -0.15) is 26.3 Å². The van der Waals surface area contributed by atoms with Crippen LogP contribution in [0.15, 0.2) is 34.5 Å². The first-order chi connectivity index (χ1) is 14.6. The van der Waals surface area contributed by atoms with Gasteiger partial charge in [0.25, 0.3) is 0 Å². The van der Waals surface area contributed by atoms with Crippen LogP contribution in [0.1, 0.15) is 25.3 Å². The van der Waals surface area contributed by atoms with Crippen molar-refractivity contribution in [2.24, 2.45) is 10.9 Å². The number of esters is 2. The van der Waals surface area contributed by atoms with Crippen molar-refractivity contribution in [3.8, 4) is 0 Å². The summed E-state index contributed by atoms with van der Waals surface area (Å²) in [5, 5.41) is -0.177. The van der Waals surface area contributed by atoms with Crippen molar-refractivity contribution in [1.29, 1.82) is 0 Å². The molecule has 0 N–H and O–H groups in total. The summed E-state index contributed by atoms with van der Waals surface area (Å²) in [7, 11) is 0. The van der Waals surface area contributed by atoms with Crippen LogP contribution in [-0.2, 0) is 19.1 Å². The smallest absolute Gasteiger partial charge is 0.422 e. The van der Waals surface area contributed by atoms with Crippen molar-refractivity contribution < 1.29 is 45.4 Å². The predicted octanol–water partition coefficient (Wildman–Crippen LogP) is 5.65. The van der Waals surface area contributed by atoms with Gasteiger partial charge in [0.15, 0.2) is 13.2 Å². The average Bonchev–Trinajstić information content (AvgIpc) is 2.65. The van der Waals surface area contributed by atoms with Gasteiger partial charge >= 0.3 is 24.3 Å². The molecule has 13 heteroatoms. The Labute approximate surface area is 188 Å². The Morgan fingerprint density at radius 2 is 1.56 bits per heavy atom. The van der Waals surface area contributed by atoms with E-state index in [2.05, 4.69) is 14.5 Å². The van der Waals surface area contributed by atoms with Gasteiger partial charge in [0.1, 0.15) is 5.92 Å². The third kappa shape index (κ3) is 6.38. The molecular weight excluding hydrogens is 491 g/mol. The maximum absolute atomic E-state index is 12.6. The zero-order chi connectivity index (χ0) is 24.4. The van der Waals surface area contributed by atoms with Crippen molar-refractivity contribution >= 4 is 40.9 Å². The van der Waals surface area contributed by atoms with Gasteiger partial charge in [0.05, 0.1) is 15.6 Å². The molecule has 0 aromatic heterocycles. The maximum atomic E-state index is 12.6. The van der Waals surface area contributed by atoms with Crippen LogP contribution in [0, 0.1) is 5.92 Å². The van der Waals surface area contributed by atoms with E-state index in [4.69, 9.17) is 23.2 Å². The van der Waals surface area contributed by atoms with Crippen LogP contribution >= 0.6 is 23.2 Å². The Morgan fingerprint density at radius 1 is 1.00 bits per heavy atom. The van der Waals surface area contributed by atoms with Gasteiger partial charge in [-0.1, -0.05) is 35.3 Å². The topological polar surface area (TPSA) is 65.0 Å². The lowest BCUT2D eigenvalue weighted by atomic mass is 9.75. The molecule has 0 amide bonds.